The minimum atomic E-state index is -0.108. The molecule has 0 aliphatic heterocycles. The molecule has 0 radical (unpaired) electrons. The van der Waals surface area contributed by atoms with Crippen LogP contribution in [0, 0.1) is 11.3 Å². The number of aliphatic hydroxyl groups excluding tert-OH is 1. The van der Waals surface area contributed by atoms with Crippen LogP contribution in [0.15, 0.2) is 18.2 Å². The van der Waals surface area contributed by atoms with Crippen LogP contribution in [0.5, 0.6) is 5.75 Å². The predicted molar refractivity (Wildman–Crippen MR) is 58.4 cm³/mol. The molecule has 0 atom stereocenters. The van der Waals surface area contributed by atoms with Crippen LogP contribution >= 0.6 is 0 Å². The van der Waals surface area contributed by atoms with Crippen molar-refractivity contribution in [2.75, 3.05) is 13.2 Å². The summed E-state index contributed by atoms with van der Waals surface area (Å²) in [5.41, 5.74) is 0.904. The molecule has 1 rings (SSSR count). The Labute approximate surface area is 94.1 Å². The number of nitrogens with zero attached hydrogens (tertiary/aromatic N) is 1. The lowest BCUT2D eigenvalue weighted by Gasteiger charge is -2.09. The van der Waals surface area contributed by atoms with Crippen molar-refractivity contribution in [3.8, 4) is 11.8 Å². The molecule has 84 valence electrons. The first-order chi connectivity index (χ1) is 7.69. The summed E-state index contributed by atoms with van der Waals surface area (Å²) in [6.45, 7) is 1.80. The minimum absolute atomic E-state index is 0.0351. The highest BCUT2D eigenvalue weighted by atomic mass is 16.5. The fourth-order valence-corrected chi connectivity index (χ4v) is 1.25. The van der Waals surface area contributed by atoms with Gasteiger partial charge in [-0.15, -0.1) is 0 Å². The standard InChI is InChI=1S/C12H13NO3/c1-9(15)11-4-3-10(8-13)7-12(11)16-6-2-5-14/h3-4,7,14H,2,5-6H2,1H3. The summed E-state index contributed by atoms with van der Waals surface area (Å²) in [6, 6.07) is 6.68. The number of hydrogen-bond donors (Lipinski definition) is 1. The average Bonchev–Trinajstić information content (AvgIpc) is 2.29. The fraction of sp³-hybridized carbons (Fsp3) is 0.333. The molecule has 0 fully saturated rings. The summed E-state index contributed by atoms with van der Waals surface area (Å²) in [4.78, 5) is 11.3. The summed E-state index contributed by atoms with van der Waals surface area (Å²) < 4.78 is 5.35. The van der Waals surface area contributed by atoms with Gasteiger partial charge in [0, 0.05) is 13.0 Å². The second-order valence-corrected chi connectivity index (χ2v) is 3.30. The predicted octanol–water partition coefficient (Wildman–Crippen LogP) is 1.52. The number of hydrogen-bond acceptors (Lipinski definition) is 4. The number of carbonyl (C=O) groups excluding carboxylic acids is 1. The van der Waals surface area contributed by atoms with Crippen molar-refractivity contribution in [2.45, 2.75) is 13.3 Å². The van der Waals surface area contributed by atoms with Gasteiger partial charge in [-0.05, 0) is 25.1 Å². The molecule has 0 aliphatic rings. The van der Waals surface area contributed by atoms with E-state index >= 15 is 0 Å². The van der Waals surface area contributed by atoms with Gasteiger partial charge in [-0.1, -0.05) is 0 Å². The van der Waals surface area contributed by atoms with Crippen LogP contribution in [0.1, 0.15) is 29.3 Å². The molecule has 4 heteroatoms. The zero-order valence-corrected chi connectivity index (χ0v) is 9.06. The Hall–Kier alpha value is -1.86. The second kappa shape index (κ2) is 5.89. The summed E-state index contributed by atoms with van der Waals surface area (Å²) in [5.74, 6) is 0.295. The van der Waals surface area contributed by atoms with Crippen molar-refractivity contribution in [1.82, 2.24) is 0 Å². The Kier molecular flexibility index (Phi) is 4.49. The number of nitriles is 1. The maximum atomic E-state index is 11.3. The maximum absolute atomic E-state index is 11.3. The van der Waals surface area contributed by atoms with Crippen LogP contribution < -0.4 is 4.74 Å². The van der Waals surface area contributed by atoms with E-state index in [0.29, 0.717) is 29.9 Å². The van der Waals surface area contributed by atoms with Gasteiger partial charge in [0.2, 0.25) is 0 Å². The second-order valence-electron chi connectivity index (χ2n) is 3.30. The molecule has 0 heterocycles. The lowest BCUT2D eigenvalue weighted by atomic mass is 10.1. The topological polar surface area (TPSA) is 70.3 Å². The van der Waals surface area contributed by atoms with Crippen molar-refractivity contribution >= 4 is 5.78 Å². The maximum Gasteiger partial charge on any atom is 0.163 e. The van der Waals surface area contributed by atoms with Gasteiger partial charge >= 0.3 is 0 Å². The molecule has 0 amide bonds. The zero-order chi connectivity index (χ0) is 12.0. The van der Waals surface area contributed by atoms with Crippen molar-refractivity contribution in [3.05, 3.63) is 29.3 Å². The molecule has 16 heavy (non-hydrogen) atoms. The number of ketones is 1. The molecule has 0 bridgehead atoms. The number of carbonyl (C=O) groups is 1. The number of rotatable bonds is 5. The van der Waals surface area contributed by atoms with E-state index in [1.807, 2.05) is 6.07 Å². The van der Waals surface area contributed by atoms with E-state index in [2.05, 4.69) is 0 Å². The molecule has 0 spiro atoms. The third-order valence-electron chi connectivity index (χ3n) is 2.05. The zero-order valence-electron chi connectivity index (χ0n) is 9.06. The number of Topliss-reactive ketones (excluding diaryl/α,β-unsaturated/α-hetero) is 1. The third kappa shape index (κ3) is 3.07. The Morgan fingerprint density at radius 3 is 2.88 bits per heavy atom. The third-order valence-corrected chi connectivity index (χ3v) is 2.05. The quantitative estimate of drug-likeness (QED) is 0.602. The highest BCUT2D eigenvalue weighted by molar-refractivity contribution is 5.97. The van der Waals surface area contributed by atoms with Gasteiger partial charge in [-0.2, -0.15) is 5.26 Å². The van der Waals surface area contributed by atoms with E-state index in [1.54, 1.807) is 12.1 Å². The summed E-state index contributed by atoms with van der Waals surface area (Å²) in [6.07, 6.45) is 0.494. The SMILES string of the molecule is CC(=O)c1ccc(C#N)cc1OCCCO. The van der Waals surface area contributed by atoms with Gasteiger partial charge in [0.05, 0.1) is 23.8 Å². The number of aliphatic hydroxyl groups is 1. The van der Waals surface area contributed by atoms with E-state index in [0.717, 1.165) is 0 Å². The van der Waals surface area contributed by atoms with E-state index in [-0.39, 0.29) is 12.4 Å². The van der Waals surface area contributed by atoms with Crippen molar-refractivity contribution in [1.29, 1.82) is 5.26 Å². The number of benzene rings is 1. The van der Waals surface area contributed by atoms with E-state index in [4.69, 9.17) is 15.1 Å². The first kappa shape index (κ1) is 12.2. The minimum Gasteiger partial charge on any atom is -0.493 e. The normalized spacial score (nSPS) is 9.56. The Bertz CT molecular complexity index is 421. The molecular formula is C12H13NO3. The van der Waals surface area contributed by atoms with Crippen LogP contribution in [0.25, 0.3) is 0 Å². The summed E-state index contributed by atoms with van der Waals surface area (Å²) in [5, 5.41) is 17.4. The van der Waals surface area contributed by atoms with Gasteiger partial charge in [-0.25, -0.2) is 0 Å². The van der Waals surface area contributed by atoms with Crippen molar-refractivity contribution in [2.24, 2.45) is 0 Å². The Morgan fingerprint density at radius 2 is 2.31 bits per heavy atom. The Morgan fingerprint density at radius 1 is 1.56 bits per heavy atom. The van der Waals surface area contributed by atoms with E-state index in [9.17, 15) is 4.79 Å². The van der Waals surface area contributed by atoms with Crippen LogP contribution in [-0.4, -0.2) is 24.1 Å². The summed E-state index contributed by atoms with van der Waals surface area (Å²) in [7, 11) is 0. The van der Waals surface area contributed by atoms with Crippen LogP contribution in [0.3, 0.4) is 0 Å². The van der Waals surface area contributed by atoms with Crippen molar-refractivity contribution in [3.63, 3.8) is 0 Å². The fourth-order valence-electron chi connectivity index (χ4n) is 1.25. The monoisotopic (exact) mass is 219 g/mol. The van der Waals surface area contributed by atoms with Crippen LogP contribution in [0.2, 0.25) is 0 Å². The number of ether oxygens (including phenoxy) is 1. The molecule has 0 aliphatic carbocycles. The molecule has 0 aromatic heterocycles. The van der Waals surface area contributed by atoms with Gasteiger partial charge in [-0.3, -0.25) is 4.79 Å². The smallest absolute Gasteiger partial charge is 0.163 e. The first-order valence-corrected chi connectivity index (χ1v) is 4.97. The molecule has 0 unspecified atom stereocenters. The van der Waals surface area contributed by atoms with E-state index < -0.39 is 0 Å². The highest BCUT2D eigenvalue weighted by Crippen LogP contribution is 2.21. The van der Waals surface area contributed by atoms with Crippen molar-refractivity contribution < 1.29 is 14.6 Å². The lowest BCUT2D eigenvalue weighted by Crippen LogP contribution is -2.04. The van der Waals surface area contributed by atoms with Crippen LogP contribution in [-0.2, 0) is 0 Å². The molecular weight excluding hydrogens is 206 g/mol. The largest absolute Gasteiger partial charge is 0.493 e. The average molecular weight is 219 g/mol. The first-order valence-electron chi connectivity index (χ1n) is 4.97. The summed E-state index contributed by atoms with van der Waals surface area (Å²) >= 11 is 0. The molecule has 4 nitrogen and oxygen atoms in total. The van der Waals surface area contributed by atoms with Gasteiger partial charge in [0.1, 0.15) is 5.75 Å². The lowest BCUT2D eigenvalue weighted by molar-refractivity contribution is 0.101. The highest BCUT2D eigenvalue weighted by Gasteiger charge is 2.09. The molecule has 1 aromatic rings. The van der Waals surface area contributed by atoms with E-state index in [1.165, 1.54) is 13.0 Å². The molecule has 1 aromatic carbocycles. The van der Waals surface area contributed by atoms with Gasteiger partial charge in [0.15, 0.2) is 5.78 Å². The van der Waals surface area contributed by atoms with Gasteiger partial charge in [0.25, 0.3) is 0 Å². The van der Waals surface area contributed by atoms with Gasteiger partial charge < -0.3 is 9.84 Å². The molecule has 1 N–H and O–H groups in total. The molecule has 0 saturated heterocycles. The molecule has 0 saturated carbocycles. The van der Waals surface area contributed by atoms with Crippen LogP contribution in [0.4, 0.5) is 0 Å². The Balaban J connectivity index is 2.92.